The van der Waals surface area contributed by atoms with E-state index in [9.17, 15) is 19.4 Å². The first kappa shape index (κ1) is 14.9. The minimum atomic E-state index is -4.22. The van der Waals surface area contributed by atoms with E-state index >= 15 is 0 Å². The number of ether oxygens (including phenoxy) is 1. The minimum absolute atomic E-state index is 0.165. The fourth-order valence-corrected chi connectivity index (χ4v) is 3.74. The van der Waals surface area contributed by atoms with Crippen molar-refractivity contribution in [1.29, 1.82) is 0 Å². The molecule has 4 rings (SSSR count). The number of hydrogen-bond acceptors (Lipinski definition) is 10. The van der Waals surface area contributed by atoms with Gasteiger partial charge in [0.15, 0.2) is 18.1 Å². The Hall–Kier alpha value is -1.69. The molecule has 0 spiro atoms. The van der Waals surface area contributed by atoms with Crippen molar-refractivity contribution < 1.29 is 33.1 Å². The molecule has 0 aromatic carbocycles. The summed E-state index contributed by atoms with van der Waals surface area (Å²) in [4.78, 5) is 33.9. The van der Waals surface area contributed by atoms with Crippen molar-refractivity contribution in [1.82, 2.24) is 4.90 Å². The molecule has 124 valence electrons. The first-order valence-electron chi connectivity index (χ1n) is 6.63. The number of aliphatic hydroxyl groups is 1. The van der Waals surface area contributed by atoms with Gasteiger partial charge in [0.25, 0.3) is 5.91 Å². The van der Waals surface area contributed by atoms with Crippen LogP contribution >= 0.6 is 7.82 Å². The van der Waals surface area contributed by atoms with E-state index in [-0.39, 0.29) is 18.4 Å². The van der Waals surface area contributed by atoms with Crippen LogP contribution in [0.5, 0.6) is 0 Å². The zero-order chi connectivity index (χ0) is 16.4. The van der Waals surface area contributed by atoms with Crippen LogP contribution in [-0.2, 0) is 23.1 Å². The number of phosphoric acid groups is 1. The Morgan fingerprint density at radius 3 is 3.00 bits per heavy atom. The number of aliphatic hydroxyl groups excluding tert-OH is 1. The van der Waals surface area contributed by atoms with Crippen LogP contribution in [0.25, 0.3) is 0 Å². The van der Waals surface area contributed by atoms with E-state index in [4.69, 9.17) is 15.0 Å². The molecule has 6 unspecified atom stereocenters. The summed E-state index contributed by atoms with van der Waals surface area (Å²) in [5, 5.41) is 10.4. The second-order valence-electron chi connectivity index (χ2n) is 5.24. The van der Waals surface area contributed by atoms with Crippen LogP contribution in [0.3, 0.4) is 0 Å². The summed E-state index contributed by atoms with van der Waals surface area (Å²) >= 11 is 0. The molecule has 4 N–H and O–H groups in total. The van der Waals surface area contributed by atoms with Gasteiger partial charge in [-0.2, -0.15) is 9.98 Å². The maximum Gasteiger partial charge on any atom is 0.472 e. The van der Waals surface area contributed by atoms with Crippen molar-refractivity contribution >= 4 is 31.9 Å². The first-order chi connectivity index (χ1) is 10.9. The lowest BCUT2D eigenvalue weighted by Gasteiger charge is -2.28. The van der Waals surface area contributed by atoms with E-state index in [1.807, 2.05) is 0 Å². The van der Waals surface area contributed by atoms with Crippen molar-refractivity contribution in [2.45, 2.75) is 30.6 Å². The molecule has 0 saturated carbocycles. The van der Waals surface area contributed by atoms with Gasteiger partial charge in [-0.15, -0.1) is 0 Å². The normalized spacial score (nSPS) is 45.6. The largest absolute Gasteiger partial charge is 0.472 e. The van der Waals surface area contributed by atoms with E-state index < -0.39 is 44.3 Å². The molecule has 6 atom stereocenters. The summed E-state index contributed by atoms with van der Waals surface area (Å²) in [5.41, 5.74) is 5.47. The molecule has 0 bridgehead atoms. The molecule has 0 aliphatic carbocycles. The molecule has 4 aliphatic heterocycles. The quantitative estimate of drug-likeness (QED) is 0.437. The highest BCUT2D eigenvalue weighted by Gasteiger charge is 2.55. The number of carbonyl (C=O) groups excluding carboxylic acids is 1. The number of nitrogens with zero attached hydrogens (tertiary/aromatic N) is 4. The Bertz CT molecular complexity index is 708. The molecule has 0 aromatic heterocycles. The van der Waals surface area contributed by atoms with E-state index in [0.29, 0.717) is 0 Å². The molecule has 2 saturated heterocycles. The van der Waals surface area contributed by atoms with Crippen LogP contribution in [-0.4, -0.2) is 76.1 Å². The maximum atomic E-state index is 11.8. The molecule has 0 aromatic rings. The molecule has 12 nitrogen and oxygen atoms in total. The van der Waals surface area contributed by atoms with E-state index in [1.165, 1.54) is 11.2 Å². The van der Waals surface area contributed by atoms with Crippen LogP contribution < -0.4 is 5.73 Å². The fraction of sp³-hybridized carbons (Fsp3) is 0.600. The molecular weight excluding hydrogens is 333 g/mol. The van der Waals surface area contributed by atoms with Crippen LogP contribution in [0.15, 0.2) is 15.0 Å². The molecule has 4 aliphatic rings. The Kier molecular flexibility index (Phi) is 3.17. The highest BCUT2D eigenvalue weighted by molar-refractivity contribution is 7.47. The summed E-state index contributed by atoms with van der Waals surface area (Å²) in [6, 6.07) is -0.943. The van der Waals surface area contributed by atoms with Crippen molar-refractivity contribution in [2.24, 2.45) is 20.7 Å². The van der Waals surface area contributed by atoms with E-state index in [1.54, 1.807) is 0 Å². The lowest BCUT2D eigenvalue weighted by molar-refractivity contribution is -0.117. The fourth-order valence-electron chi connectivity index (χ4n) is 2.78. The third-order valence-corrected chi connectivity index (χ3v) is 4.76. The Morgan fingerprint density at radius 1 is 1.43 bits per heavy atom. The van der Waals surface area contributed by atoms with E-state index in [0.717, 1.165) is 0 Å². The number of rotatable bonds is 1. The highest BCUT2D eigenvalue weighted by Crippen LogP contribution is 2.51. The van der Waals surface area contributed by atoms with Crippen LogP contribution in [0.1, 0.15) is 0 Å². The van der Waals surface area contributed by atoms with Gasteiger partial charge < -0.3 is 20.5 Å². The third-order valence-electron chi connectivity index (χ3n) is 3.78. The average molecular weight is 345 g/mol. The zero-order valence-electron chi connectivity index (χ0n) is 11.4. The number of carbonyl (C=O) groups is 1. The molecule has 23 heavy (non-hydrogen) atoms. The topological polar surface area (TPSA) is 169 Å². The van der Waals surface area contributed by atoms with Crippen LogP contribution in [0.2, 0.25) is 0 Å². The smallest absolute Gasteiger partial charge is 0.386 e. The van der Waals surface area contributed by atoms with Gasteiger partial charge in [0.05, 0.1) is 12.9 Å². The average Bonchev–Trinajstić information content (AvgIpc) is 3.00. The number of phosphoric ester groups is 1. The van der Waals surface area contributed by atoms with Crippen molar-refractivity contribution in [3.05, 3.63) is 0 Å². The number of hydrogen-bond donors (Lipinski definition) is 3. The second kappa shape index (κ2) is 4.90. The Morgan fingerprint density at radius 2 is 2.22 bits per heavy atom. The number of amides is 1. The van der Waals surface area contributed by atoms with Gasteiger partial charge in [-0.25, -0.2) is 4.57 Å². The van der Waals surface area contributed by atoms with E-state index in [2.05, 4.69) is 19.5 Å². The Balaban J connectivity index is 1.60. The third kappa shape index (κ3) is 2.31. The highest BCUT2D eigenvalue weighted by atomic mass is 31.2. The summed E-state index contributed by atoms with van der Waals surface area (Å²) in [5.74, 6) is -0.630. The van der Waals surface area contributed by atoms with Gasteiger partial charge in [0, 0.05) is 0 Å². The lowest BCUT2D eigenvalue weighted by atomic mass is 10.1. The standard InChI is InChI=1S/C10H12N5O7P/c11-10-13-7-4(8(17)14-10)12-2-15(7)9-5(16)6-3(21-9)1-20-23(18,19)22-6/h2-6,9,16H,1H2,(H,18,19)(H2,11,14,17). The summed E-state index contributed by atoms with van der Waals surface area (Å²) < 4.78 is 26.6. The van der Waals surface area contributed by atoms with Crippen molar-refractivity contribution in [2.75, 3.05) is 6.61 Å². The summed E-state index contributed by atoms with van der Waals surface area (Å²) in [7, 11) is -4.22. The molecule has 13 heteroatoms. The molecule has 4 heterocycles. The maximum absolute atomic E-state index is 11.8. The molecular formula is C10H12N5O7P. The first-order valence-corrected chi connectivity index (χ1v) is 8.13. The van der Waals surface area contributed by atoms with Crippen LogP contribution in [0, 0.1) is 0 Å². The second-order valence-corrected chi connectivity index (χ2v) is 6.65. The zero-order valence-corrected chi connectivity index (χ0v) is 12.3. The number of fused-ring (bicyclic) bond motifs is 2. The molecule has 0 radical (unpaired) electrons. The number of amidine groups is 1. The van der Waals surface area contributed by atoms with Gasteiger partial charge >= 0.3 is 7.82 Å². The lowest BCUT2D eigenvalue weighted by Crippen LogP contribution is -2.49. The SMILES string of the molecule is NC1=NC(=O)C2N=CN(C3OC4COP(=O)(O)OC4C3O)C2=N1. The van der Waals surface area contributed by atoms with Gasteiger partial charge in [-0.05, 0) is 0 Å². The number of nitrogens with two attached hydrogens (primary N) is 1. The minimum Gasteiger partial charge on any atom is -0.386 e. The Labute approximate surface area is 128 Å². The van der Waals surface area contributed by atoms with Gasteiger partial charge in [-0.1, -0.05) is 0 Å². The number of guanidine groups is 1. The summed E-state index contributed by atoms with van der Waals surface area (Å²) in [6.45, 7) is -0.213. The van der Waals surface area contributed by atoms with Crippen molar-refractivity contribution in [3.8, 4) is 0 Å². The van der Waals surface area contributed by atoms with Crippen molar-refractivity contribution in [3.63, 3.8) is 0 Å². The summed E-state index contributed by atoms with van der Waals surface area (Å²) in [6.07, 6.45) is -2.82. The monoisotopic (exact) mass is 345 g/mol. The van der Waals surface area contributed by atoms with Crippen LogP contribution in [0.4, 0.5) is 0 Å². The predicted octanol–water partition coefficient (Wildman–Crippen LogP) is -2.45. The van der Waals surface area contributed by atoms with Gasteiger partial charge in [0.1, 0.15) is 18.3 Å². The predicted molar refractivity (Wildman–Crippen MR) is 73.5 cm³/mol. The number of aliphatic imine (C=N–C) groups is 3. The van der Waals surface area contributed by atoms with Gasteiger partial charge in [-0.3, -0.25) is 23.7 Å². The molecule has 1 amide bonds. The molecule has 2 fully saturated rings. The van der Waals surface area contributed by atoms with Gasteiger partial charge in [0.2, 0.25) is 5.96 Å².